The van der Waals surface area contributed by atoms with Gasteiger partial charge >= 0.3 is 0 Å². The van der Waals surface area contributed by atoms with Crippen molar-refractivity contribution < 1.29 is 19.2 Å². The molecule has 0 unspecified atom stereocenters. The predicted molar refractivity (Wildman–Crippen MR) is 140 cm³/mol. The van der Waals surface area contributed by atoms with Gasteiger partial charge in [-0.15, -0.1) is 0 Å². The number of unbranched alkanes of at least 4 members (excludes halogenated alkanes) is 12. The quantitative estimate of drug-likeness (QED) is 0.0971. The van der Waals surface area contributed by atoms with E-state index in [2.05, 4.69) is 13.8 Å². The van der Waals surface area contributed by atoms with E-state index in [1.807, 2.05) is 0 Å². The van der Waals surface area contributed by atoms with E-state index >= 15 is 0 Å². The Bertz CT molecular complexity index is 670. The number of benzene rings is 1. The zero-order valence-corrected chi connectivity index (χ0v) is 21.7. The second kappa shape index (κ2) is 19.2. The number of carbonyl (C=O) groups excluding carboxylic acids is 4. The molecule has 0 N–H and O–H groups in total. The van der Waals surface area contributed by atoms with E-state index in [-0.39, 0.29) is 36.0 Å². The Morgan fingerprint density at radius 2 is 0.765 bits per heavy atom. The van der Waals surface area contributed by atoms with Crippen molar-refractivity contribution in [1.29, 1.82) is 0 Å². The maximum absolute atomic E-state index is 12.4. The Balaban J connectivity index is 2.28. The number of rotatable bonds is 22. The van der Waals surface area contributed by atoms with Gasteiger partial charge in [0.25, 0.3) is 0 Å². The smallest absolute Gasteiger partial charge is 0.170 e. The van der Waals surface area contributed by atoms with Crippen LogP contribution in [0.4, 0.5) is 0 Å². The van der Waals surface area contributed by atoms with E-state index in [1.165, 1.54) is 51.4 Å². The van der Waals surface area contributed by atoms with Crippen molar-refractivity contribution in [2.75, 3.05) is 0 Å². The summed E-state index contributed by atoms with van der Waals surface area (Å²) in [6.07, 6.45) is 16.8. The minimum atomic E-state index is -0.207. The lowest BCUT2D eigenvalue weighted by Gasteiger charge is -2.05. The summed E-state index contributed by atoms with van der Waals surface area (Å²) in [5.41, 5.74) is 0.887. The first kappa shape index (κ1) is 29.9. The monoisotopic (exact) mass is 470 g/mol. The topological polar surface area (TPSA) is 68.3 Å². The van der Waals surface area contributed by atoms with Gasteiger partial charge in [-0.2, -0.15) is 0 Å². The molecule has 0 heterocycles. The van der Waals surface area contributed by atoms with Crippen molar-refractivity contribution in [3.05, 3.63) is 35.4 Å². The average Bonchev–Trinajstić information content (AvgIpc) is 2.83. The molecule has 4 nitrogen and oxygen atoms in total. The van der Waals surface area contributed by atoms with Crippen LogP contribution in [0.15, 0.2) is 24.3 Å². The van der Waals surface area contributed by atoms with Crippen molar-refractivity contribution in [3.8, 4) is 0 Å². The highest BCUT2D eigenvalue weighted by molar-refractivity contribution is 6.10. The van der Waals surface area contributed by atoms with Crippen LogP contribution >= 0.6 is 0 Å². The van der Waals surface area contributed by atoms with Gasteiger partial charge in [-0.05, 0) is 12.8 Å². The van der Waals surface area contributed by atoms with Crippen LogP contribution < -0.4 is 0 Å². The van der Waals surface area contributed by atoms with E-state index in [0.717, 1.165) is 38.5 Å². The van der Waals surface area contributed by atoms with Gasteiger partial charge in [0.1, 0.15) is 11.6 Å². The van der Waals surface area contributed by atoms with Crippen LogP contribution in [0.2, 0.25) is 0 Å². The van der Waals surface area contributed by atoms with Gasteiger partial charge in [-0.3, -0.25) is 19.2 Å². The molecule has 1 rings (SSSR count). The average molecular weight is 471 g/mol. The molecule has 0 saturated carbocycles. The summed E-state index contributed by atoms with van der Waals surface area (Å²) in [5.74, 6) is -0.451. The van der Waals surface area contributed by atoms with Gasteiger partial charge in [0.2, 0.25) is 0 Å². The van der Waals surface area contributed by atoms with Crippen LogP contribution in [0.1, 0.15) is 150 Å². The fourth-order valence-corrected chi connectivity index (χ4v) is 4.14. The minimum Gasteiger partial charge on any atom is -0.299 e. The molecule has 0 radical (unpaired) electrons. The van der Waals surface area contributed by atoms with Crippen LogP contribution in [-0.2, 0) is 9.59 Å². The molecular formula is C30H46O4. The van der Waals surface area contributed by atoms with E-state index in [0.29, 0.717) is 24.0 Å². The van der Waals surface area contributed by atoms with E-state index in [1.54, 1.807) is 24.3 Å². The van der Waals surface area contributed by atoms with Crippen molar-refractivity contribution in [3.63, 3.8) is 0 Å². The summed E-state index contributed by atoms with van der Waals surface area (Å²) in [4.78, 5) is 49.0. The maximum Gasteiger partial charge on any atom is 0.170 e. The van der Waals surface area contributed by atoms with Gasteiger partial charge in [0.05, 0.1) is 12.8 Å². The second-order valence-corrected chi connectivity index (χ2v) is 9.60. The lowest BCUT2D eigenvalue weighted by atomic mass is 9.98. The van der Waals surface area contributed by atoms with Crippen molar-refractivity contribution in [2.24, 2.45) is 0 Å². The number of hydrogen-bond donors (Lipinski definition) is 0. The molecule has 1 aromatic rings. The van der Waals surface area contributed by atoms with Crippen LogP contribution in [0.5, 0.6) is 0 Å². The van der Waals surface area contributed by atoms with Crippen LogP contribution in [0.3, 0.4) is 0 Å². The Morgan fingerprint density at radius 1 is 0.471 bits per heavy atom. The number of hydrogen-bond acceptors (Lipinski definition) is 4. The molecule has 0 saturated heterocycles. The van der Waals surface area contributed by atoms with E-state index in [4.69, 9.17) is 0 Å². The van der Waals surface area contributed by atoms with E-state index in [9.17, 15) is 19.2 Å². The summed E-state index contributed by atoms with van der Waals surface area (Å²) in [7, 11) is 0. The Kier molecular flexibility index (Phi) is 16.9. The Morgan fingerprint density at radius 3 is 1.09 bits per heavy atom. The third-order valence-electron chi connectivity index (χ3n) is 6.36. The molecular weight excluding hydrogens is 424 g/mol. The molecule has 0 bridgehead atoms. The molecule has 34 heavy (non-hydrogen) atoms. The predicted octanol–water partition coefficient (Wildman–Crippen LogP) is 8.25. The number of Topliss-reactive ketones (excluding diaryl/α,β-unsaturated/α-hetero) is 4. The molecule has 0 fully saturated rings. The molecule has 0 aromatic heterocycles. The standard InChI is InChI=1S/C30H46O4/c1-3-5-7-9-11-13-15-17-27(31)23-29(33)25-19-21-26(22-20-25)30(34)24-28(32)18-16-14-12-10-8-6-4-2/h19-22H,3-18,23-24H2,1-2H3. The molecule has 0 aliphatic heterocycles. The lowest BCUT2D eigenvalue weighted by molar-refractivity contribution is -0.119. The van der Waals surface area contributed by atoms with Gasteiger partial charge in [-0.1, -0.05) is 115 Å². The largest absolute Gasteiger partial charge is 0.299 e. The normalized spacial score (nSPS) is 10.9. The third-order valence-corrected chi connectivity index (χ3v) is 6.36. The fraction of sp³-hybridized carbons (Fsp3) is 0.667. The molecule has 0 aliphatic rings. The van der Waals surface area contributed by atoms with Crippen molar-refractivity contribution in [1.82, 2.24) is 0 Å². The van der Waals surface area contributed by atoms with E-state index < -0.39 is 0 Å². The highest BCUT2D eigenvalue weighted by Gasteiger charge is 2.15. The summed E-state index contributed by atoms with van der Waals surface area (Å²) >= 11 is 0. The Labute approximate surface area is 207 Å². The molecule has 0 amide bonds. The van der Waals surface area contributed by atoms with Gasteiger partial charge in [0, 0.05) is 24.0 Å². The third kappa shape index (κ3) is 14.2. The molecule has 0 spiro atoms. The fourth-order valence-electron chi connectivity index (χ4n) is 4.14. The Hall–Kier alpha value is -2.10. The first-order chi connectivity index (χ1) is 16.5. The van der Waals surface area contributed by atoms with Gasteiger partial charge in [0.15, 0.2) is 11.6 Å². The summed E-state index contributed by atoms with van der Waals surface area (Å²) in [6, 6.07) is 6.38. The molecule has 0 aliphatic carbocycles. The van der Waals surface area contributed by atoms with Gasteiger partial charge < -0.3 is 0 Å². The number of carbonyl (C=O) groups is 4. The zero-order chi connectivity index (χ0) is 25.0. The maximum atomic E-state index is 12.4. The molecule has 190 valence electrons. The molecule has 0 atom stereocenters. The minimum absolute atomic E-state index is 0.0188. The van der Waals surface area contributed by atoms with Crippen molar-refractivity contribution in [2.45, 2.75) is 129 Å². The highest BCUT2D eigenvalue weighted by Crippen LogP contribution is 2.14. The summed E-state index contributed by atoms with van der Waals surface area (Å²) < 4.78 is 0. The number of ketones is 4. The first-order valence-electron chi connectivity index (χ1n) is 13.7. The van der Waals surface area contributed by atoms with Crippen LogP contribution in [0, 0.1) is 0 Å². The second-order valence-electron chi connectivity index (χ2n) is 9.60. The zero-order valence-electron chi connectivity index (χ0n) is 21.7. The molecule has 1 aromatic carbocycles. The van der Waals surface area contributed by atoms with Crippen LogP contribution in [0.25, 0.3) is 0 Å². The summed E-state index contributed by atoms with van der Waals surface area (Å²) in [5, 5.41) is 0. The van der Waals surface area contributed by atoms with Gasteiger partial charge in [-0.25, -0.2) is 0 Å². The lowest BCUT2D eigenvalue weighted by Crippen LogP contribution is -2.10. The van der Waals surface area contributed by atoms with Crippen LogP contribution in [-0.4, -0.2) is 23.1 Å². The highest BCUT2D eigenvalue weighted by atomic mass is 16.2. The summed E-state index contributed by atoms with van der Waals surface area (Å²) in [6.45, 7) is 4.39. The molecule has 4 heteroatoms. The first-order valence-corrected chi connectivity index (χ1v) is 13.7. The SMILES string of the molecule is CCCCCCCCCC(=O)CC(=O)c1ccc(C(=O)CC(=O)CCCCCCCCC)cc1. The van der Waals surface area contributed by atoms with Crippen molar-refractivity contribution >= 4 is 23.1 Å².